The number of thiol groups is 1. The molecule has 0 unspecified atom stereocenters. The Kier molecular flexibility index (Phi) is 2.37. The second kappa shape index (κ2) is 3.67. The number of hydrogen-bond donors (Lipinski definition) is 1. The van der Waals surface area contributed by atoms with Crippen molar-refractivity contribution in [3.05, 3.63) is 48.8 Å². The summed E-state index contributed by atoms with van der Waals surface area (Å²) < 4.78 is 23.4. The predicted octanol–water partition coefficient (Wildman–Crippen LogP) is 1.45. The Labute approximate surface area is 83.6 Å². The Bertz CT molecular complexity index is 493. The van der Waals surface area contributed by atoms with Gasteiger partial charge in [-0.15, -0.1) is 0 Å². The summed E-state index contributed by atoms with van der Waals surface area (Å²) in [4.78, 5) is 0.339. The average molecular weight is 207 g/mol. The molecule has 2 aromatic rings. The lowest BCUT2D eigenvalue weighted by Crippen LogP contribution is -1.90. The zero-order valence-electron chi connectivity index (χ0n) is 7.33. The van der Waals surface area contributed by atoms with E-state index < -0.39 is 10.7 Å². The average Bonchev–Trinajstić information content (AvgIpc) is 2.71. The summed E-state index contributed by atoms with van der Waals surface area (Å²) in [5, 5.41) is 0. The molecule has 72 valence electrons. The standard InChI is InChI=1S/C10H9NO2S/c12-14(13)10-5-3-4-9(8-10)11-6-1-2-7-11/h1-8,14H. The van der Waals surface area contributed by atoms with Gasteiger partial charge in [-0.3, -0.25) is 0 Å². The summed E-state index contributed by atoms with van der Waals surface area (Å²) in [5.74, 6) is 0. The SMILES string of the molecule is O=[SH](=O)c1cccc(-n2cccc2)c1. The van der Waals surface area contributed by atoms with E-state index in [1.165, 1.54) is 0 Å². The topological polar surface area (TPSA) is 39.1 Å². The highest BCUT2D eigenvalue weighted by atomic mass is 32.2. The normalized spacial score (nSPS) is 10.6. The maximum absolute atomic E-state index is 10.8. The van der Waals surface area contributed by atoms with Gasteiger partial charge in [0.25, 0.3) is 0 Å². The molecule has 1 heterocycles. The van der Waals surface area contributed by atoms with Crippen molar-refractivity contribution in [1.82, 2.24) is 4.57 Å². The van der Waals surface area contributed by atoms with Crippen LogP contribution in [0.25, 0.3) is 5.69 Å². The molecule has 0 spiro atoms. The first-order valence-corrected chi connectivity index (χ1v) is 5.33. The minimum atomic E-state index is -2.50. The molecule has 0 saturated carbocycles. The minimum absolute atomic E-state index is 0.339. The summed E-state index contributed by atoms with van der Waals surface area (Å²) in [6.07, 6.45) is 3.74. The van der Waals surface area contributed by atoms with Crippen molar-refractivity contribution >= 4 is 10.7 Å². The van der Waals surface area contributed by atoms with E-state index in [1.807, 2.05) is 35.2 Å². The van der Waals surface area contributed by atoms with Crippen molar-refractivity contribution in [1.29, 1.82) is 0 Å². The van der Waals surface area contributed by atoms with Gasteiger partial charge in [0.2, 0.25) is 0 Å². The van der Waals surface area contributed by atoms with Crippen molar-refractivity contribution in [3.63, 3.8) is 0 Å². The molecular formula is C10H9NO2S. The maximum atomic E-state index is 10.8. The van der Waals surface area contributed by atoms with E-state index in [0.717, 1.165) is 5.69 Å². The zero-order chi connectivity index (χ0) is 9.97. The van der Waals surface area contributed by atoms with E-state index in [9.17, 15) is 8.42 Å². The van der Waals surface area contributed by atoms with Gasteiger partial charge in [0.05, 0.1) is 4.90 Å². The molecule has 0 N–H and O–H groups in total. The first-order valence-electron chi connectivity index (χ1n) is 4.15. The molecule has 0 aliphatic rings. The Morgan fingerprint density at radius 1 is 1.00 bits per heavy atom. The van der Waals surface area contributed by atoms with Crippen molar-refractivity contribution < 1.29 is 8.42 Å². The quantitative estimate of drug-likeness (QED) is 0.757. The molecule has 0 aliphatic heterocycles. The van der Waals surface area contributed by atoms with E-state index in [4.69, 9.17) is 0 Å². The van der Waals surface area contributed by atoms with Crippen LogP contribution >= 0.6 is 0 Å². The van der Waals surface area contributed by atoms with Crippen LogP contribution in [0.15, 0.2) is 53.7 Å². The van der Waals surface area contributed by atoms with Crippen molar-refractivity contribution in [2.24, 2.45) is 0 Å². The molecule has 3 nitrogen and oxygen atoms in total. The Balaban J connectivity index is 2.51. The van der Waals surface area contributed by atoms with Crippen LogP contribution in [0.2, 0.25) is 0 Å². The lowest BCUT2D eigenvalue weighted by atomic mass is 10.3. The monoisotopic (exact) mass is 207 g/mol. The molecule has 0 fully saturated rings. The van der Waals surface area contributed by atoms with Crippen LogP contribution in [0.3, 0.4) is 0 Å². The largest absolute Gasteiger partial charge is 0.324 e. The van der Waals surface area contributed by atoms with Crippen LogP contribution in [0.1, 0.15) is 0 Å². The summed E-state index contributed by atoms with van der Waals surface area (Å²) >= 11 is 0. The molecule has 0 atom stereocenters. The molecule has 0 aliphatic carbocycles. The second-order valence-corrected chi connectivity index (χ2v) is 3.90. The first kappa shape index (κ1) is 9.02. The first-order chi connectivity index (χ1) is 6.77. The predicted molar refractivity (Wildman–Crippen MR) is 54.3 cm³/mol. The number of nitrogens with zero attached hydrogens (tertiary/aromatic N) is 1. The van der Waals surface area contributed by atoms with E-state index in [1.54, 1.807) is 18.2 Å². The molecule has 1 aromatic heterocycles. The van der Waals surface area contributed by atoms with Crippen LogP contribution in [-0.4, -0.2) is 13.0 Å². The fourth-order valence-electron chi connectivity index (χ4n) is 1.27. The van der Waals surface area contributed by atoms with E-state index in [-0.39, 0.29) is 0 Å². The van der Waals surface area contributed by atoms with Crippen LogP contribution in [0.5, 0.6) is 0 Å². The smallest absolute Gasteiger partial charge is 0.168 e. The van der Waals surface area contributed by atoms with Crippen LogP contribution in [0, 0.1) is 0 Å². The van der Waals surface area contributed by atoms with Crippen molar-refractivity contribution in [2.75, 3.05) is 0 Å². The van der Waals surface area contributed by atoms with E-state index in [0.29, 0.717) is 4.90 Å². The molecule has 0 amide bonds. The van der Waals surface area contributed by atoms with Gasteiger partial charge in [-0.1, -0.05) is 6.07 Å². The fourth-order valence-corrected chi connectivity index (χ4v) is 1.72. The van der Waals surface area contributed by atoms with E-state index in [2.05, 4.69) is 0 Å². The molecule has 14 heavy (non-hydrogen) atoms. The molecule has 0 bridgehead atoms. The van der Waals surface area contributed by atoms with Crippen LogP contribution in [0.4, 0.5) is 0 Å². The van der Waals surface area contributed by atoms with Gasteiger partial charge >= 0.3 is 0 Å². The zero-order valence-corrected chi connectivity index (χ0v) is 8.22. The summed E-state index contributed by atoms with van der Waals surface area (Å²) in [6, 6.07) is 10.6. The Hall–Kier alpha value is -1.55. The third-order valence-electron chi connectivity index (χ3n) is 1.94. The lowest BCUT2D eigenvalue weighted by molar-refractivity contribution is 0.614. The highest BCUT2D eigenvalue weighted by molar-refractivity contribution is 7.72. The highest BCUT2D eigenvalue weighted by Crippen LogP contribution is 2.11. The van der Waals surface area contributed by atoms with Gasteiger partial charge in [0.15, 0.2) is 10.7 Å². The van der Waals surface area contributed by atoms with Gasteiger partial charge in [-0.05, 0) is 30.3 Å². The number of aromatic nitrogens is 1. The minimum Gasteiger partial charge on any atom is -0.324 e. The van der Waals surface area contributed by atoms with Gasteiger partial charge < -0.3 is 4.57 Å². The van der Waals surface area contributed by atoms with Crippen LogP contribution in [-0.2, 0) is 10.7 Å². The fraction of sp³-hybridized carbons (Fsp3) is 0. The highest BCUT2D eigenvalue weighted by Gasteiger charge is 1.98. The number of hydrogen-bond acceptors (Lipinski definition) is 2. The van der Waals surface area contributed by atoms with Crippen molar-refractivity contribution in [3.8, 4) is 5.69 Å². The van der Waals surface area contributed by atoms with Crippen LogP contribution < -0.4 is 0 Å². The molecule has 0 radical (unpaired) electrons. The van der Waals surface area contributed by atoms with Gasteiger partial charge in [0.1, 0.15) is 0 Å². The summed E-state index contributed by atoms with van der Waals surface area (Å²) in [6.45, 7) is 0. The van der Waals surface area contributed by atoms with Gasteiger partial charge in [0, 0.05) is 18.1 Å². The molecule has 4 heteroatoms. The van der Waals surface area contributed by atoms with E-state index >= 15 is 0 Å². The molecule has 0 saturated heterocycles. The Morgan fingerprint density at radius 2 is 1.71 bits per heavy atom. The van der Waals surface area contributed by atoms with Crippen molar-refractivity contribution in [2.45, 2.75) is 4.90 Å². The Morgan fingerprint density at radius 3 is 2.36 bits per heavy atom. The lowest BCUT2D eigenvalue weighted by Gasteiger charge is -2.02. The number of benzene rings is 1. The number of rotatable bonds is 2. The summed E-state index contributed by atoms with van der Waals surface area (Å²) in [5.41, 5.74) is 0.853. The second-order valence-electron chi connectivity index (χ2n) is 2.87. The third kappa shape index (κ3) is 1.70. The maximum Gasteiger partial charge on any atom is 0.168 e. The molecule has 2 rings (SSSR count). The molecular weight excluding hydrogens is 198 g/mol. The van der Waals surface area contributed by atoms with Gasteiger partial charge in [-0.2, -0.15) is 0 Å². The molecule has 1 aromatic carbocycles. The third-order valence-corrected chi connectivity index (χ3v) is 2.64. The summed E-state index contributed by atoms with van der Waals surface area (Å²) in [7, 11) is -2.50. The van der Waals surface area contributed by atoms with Gasteiger partial charge in [-0.25, -0.2) is 8.42 Å².